The molecule has 1 rings (SSSR count). The Morgan fingerprint density at radius 3 is 2.88 bits per heavy atom. The average molecular weight is 225 g/mol. The van der Waals surface area contributed by atoms with Gasteiger partial charge in [0.2, 0.25) is 11.9 Å². The number of amides is 1. The Labute approximate surface area is 94.1 Å². The predicted molar refractivity (Wildman–Crippen MR) is 60.3 cm³/mol. The average Bonchev–Trinajstić information content (AvgIpc) is 2.27. The zero-order valence-electron chi connectivity index (χ0n) is 9.40. The number of carbonyl (C=O) groups is 1. The SMILES string of the molecule is CC[C@H](C)[C@H](N)C(=O)Nc1cccc(F)n1. The van der Waals surface area contributed by atoms with E-state index in [2.05, 4.69) is 10.3 Å². The smallest absolute Gasteiger partial charge is 0.242 e. The van der Waals surface area contributed by atoms with Gasteiger partial charge in [-0.25, -0.2) is 4.98 Å². The fourth-order valence-electron chi connectivity index (χ4n) is 1.20. The van der Waals surface area contributed by atoms with Crippen molar-refractivity contribution < 1.29 is 9.18 Å². The number of anilines is 1. The zero-order chi connectivity index (χ0) is 12.1. The molecule has 0 aliphatic heterocycles. The number of nitrogens with zero attached hydrogens (tertiary/aromatic N) is 1. The van der Waals surface area contributed by atoms with Crippen LogP contribution in [0.4, 0.5) is 10.2 Å². The Morgan fingerprint density at radius 1 is 1.62 bits per heavy atom. The maximum Gasteiger partial charge on any atom is 0.242 e. The highest BCUT2D eigenvalue weighted by Gasteiger charge is 2.19. The molecule has 0 spiro atoms. The minimum atomic E-state index is -0.630. The highest BCUT2D eigenvalue weighted by molar-refractivity contribution is 5.94. The van der Waals surface area contributed by atoms with Crippen molar-refractivity contribution in [1.29, 1.82) is 0 Å². The first kappa shape index (κ1) is 12.6. The molecule has 2 atom stereocenters. The van der Waals surface area contributed by atoms with Gasteiger partial charge < -0.3 is 11.1 Å². The molecule has 0 unspecified atom stereocenters. The van der Waals surface area contributed by atoms with Crippen LogP contribution >= 0.6 is 0 Å². The van der Waals surface area contributed by atoms with Crippen molar-refractivity contribution in [2.45, 2.75) is 26.3 Å². The molecule has 0 fully saturated rings. The van der Waals surface area contributed by atoms with Crippen LogP contribution in [0.3, 0.4) is 0 Å². The van der Waals surface area contributed by atoms with Gasteiger partial charge in [-0.15, -0.1) is 0 Å². The Bertz CT molecular complexity index is 370. The van der Waals surface area contributed by atoms with E-state index in [-0.39, 0.29) is 17.6 Å². The lowest BCUT2D eigenvalue weighted by Crippen LogP contribution is -2.40. The fraction of sp³-hybridized carbons (Fsp3) is 0.455. The number of hydrogen-bond acceptors (Lipinski definition) is 3. The number of nitrogens with one attached hydrogen (secondary N) is 1. The number of rotatable bonds is 4. The molecule has 1 heterocycles. The summed E-state index contributed by atoms with van der Waals surface area (Å²) in [5.41, 5.74) is 5.72. The van der Waals surface area contributed by atoms with Crippen LogP contribution in [0.25, 0.3) is 0 Å². The largest absolute Gasteiger partial charge is 0.320 e. The first-order valence-electron chi connectivity index (χ1n) is 5.23. The number of hydrogen-bond donors (Lipinski definition) is 2. The van der Waals surface area contributed by atoms with E-state index in [1.807, 2.05) is 13.8 Å². The molecule has 5 heteroatoms. The third kappa shape index (κ3) is 3.27. The number of pyridine rings is 1. The standard InChI is InChI=1S/C11H16FN3O/c1-3-7(2)10(13)11(16)15-9-6-4-5-8(12)14-9/h4-7,10H,3,13H2,1-2H3,(H,14,15,16)/t7-,10-/m0/s1. The summed E-state index contributed by atoms with van der Waals surface area (Å²) >= 11 is 0. The fourth-order valence-corrected chi connectivity index (χ4v) is 1.20. The lowest BCUT2D eigenvalue weighted by molar-refractivity contribution is -0.118. The molecular weight excluding hydrogens is 209 g/mol. The lowest BCUT2D eigenvalue weighted by Gasteiger charge is -2.17. The second-order valence-electron chi connectivity index (χ2n) is 3.75. The van der Waals surface area contributed by atoms with E-state index >= 15 is 0 Å². The second-order valence-corrected chi connectivity index (χ2v) is 3.75. The van der Waals surface area contributed by atoms with Crippen LogP contribution in [-0.2, 0) is 4.79 Å². The van der Waals surface area contributed by atoms with Gasteiger partial charge in [0.15, 0.2) is 0 Å². The summed E-state index contributed by atoms with van der Waals surface area (Å²) in [6, 6.07) is 3.61. The third-order valence-corrected chi connectivity index (χ3v) is 2.53. The monoisotopic (exact) mass is 225 g/mol. The van der Waals surface area contributed by atoms with Crippen LogP contribution in [0, 0.1) is 11.9 Å². The Morgan fingerprint density at radius 2 is 2.31 bits per heavy atom. The summed E-state index contributed by atoms with van der Waals surface area (Å²) in [4.78, 5) is 15.2. The Hall–Kier alpha value is -1.49. The Kier molecular flexibility index (Phi) is 4.37. The topological polar surface area (TPSA) is 68.0 Å². The van der Waals surface area contributed by atoms with Crippen LogP contribution < -0.4 is 11.1 Å². The normalized spacial score (nSPS) is 14.2. The van der Waals surface area contributed by atoms with Crippen LogP contribution in [0.15, 0.2) is 18.2 Å². The molecule has 1 amide bonds. The number of halogens is 1. The summed E-state index contributed by atoms with van der Waals surface area (Å²) in [6.45, 7) is 3.85. The summed E-state index contributed by atoms with van der Waals surface area (Å²) in [7, 11) is 0. The Balaban J connectivity index is 2.64. The van der Waals surface area contributed by atoms with Crippen molar-refractivity contribution in [2.24, 2.45) is 11.7 Å². The van der Waals surface area contributed by atoms with E-state index in [0.29, 0.717) is 0 Å². The molecule has 0 aromatic carbocycles. The van der Waals surface area contributed by atoms with Gasteiger partial charge in [-0.2, -0.15) is 4.39 Å². The summed E-state index contributed by atoms with van der Waals surface area (Å²) < 4.78 is 12.7. The van der Waals surface area contributed by atoms with Crippen LogP contribution in [0.1, 0.15) is 20.3 Å². The first-order valence-corrected chi connectivity index (χ1v) is 5.23. The van der Waals surface area contributed by atoms with Crippen molar-refractivity contribution in [3.05, 3.63) is 24.1 Å². The molecule has 0 bridgehead atoms. The van der Waals surface area contributed by atoms with Gasteiger partial charge in [-0.05, 0) is 18.1 Å². The van der Waals surface area contributed by atoms with Crippen molar-refractivity contribution in [2.75, 3.05) is 5.32 Å². The summed E-state index contributed by atoms with van der Waals surface area (Å²) in [5.74, 6) is -0.709. The van der Waals surface area contributed by atoms with Crippen LogP contribution in [-0.4, -0.2) is 16.9 Å². The molecule has 0 saturated heterocycles. The highest BCUT2D eigenvalue weighted by atomic mass is 19.1. The number of nitrogens with two attached hydrogens (primary N) is 1. The molecule has 16 heavy (non-hydrogen) atoms. The number of aromatic nitrogens is 1. The molecule has 0 radical (unpaired) electrons. The quantitative estimate of drug-likeness (QED) is 0.763. The minimum absolute atomic E-state index is 0.0774. The van der Waals surface area contributed by atoms with E-state index in [1.54, 1.807) is 0 Å². The molecule has 3 N–H and O–H groups in total. The van der Waals surface area contributed by atoms with Crippen LogP contribution in [0.5, 0.6) is 0 Å². The van der Waals surface area contributed by atoms with E-state index in [4.69, 9.17) is 5.73 Å². The maximum atomic E-state index is 12.7. The molecular formula is C11H16FN3O. The number of carbonyl (C=O) groups excluding carboxylic acids is 1. The van der Waals surface area contributed by atoms with Gasteiger partial charge in [0, 0.05) is 0 Å². The molecule has 0 aliphatic carbocycles. The molecule has 1 aromatic rings. The molecule has 0 saturated carbocycles. The summed E-state index contributed by atoms with van der Waals surface area (Å²) in [6.07, 6.45) is 0.811. The van der Waals surface area contributed by atoms with Crippen molar-refractivity contribution in [3.63, 3.8) is 0 Å². The van der Waals surface area contributed by atoms with Crippen molar-refractivity contribution in [3.8, 4) is 0 Å². The van der Waals surface area contributed by atoms with Gasteiger partial charge in [0.05, 0.1) is 6.04 Å². The van der Waals surface area contributed by atoms with Gasteiger partial charge in [0.1, 0.15) is 5.82 Å². The predicted octanol–water partition coefficient (Wildman–Crippen LogP) is 1.53. The third-order valence-electron chi connectivity index (χ3n) is 2.53. The molecule has 1 aromatic heterocycles. The van der Waals surface area contributed by atoms with E-state index < -0.39 is 12.0 Å². The van der Waals surface area contributed by atoms with Gasteiger partial charge in [0.25, 0.3) is 0 Å². The summed E-state index contributed by atoms with van der Waals surface area (Å²) in [5, 5.41) is 2.48. The molecule has 4 nitrogen and oxygen atoms in total. The van der Waals surface area contributed by atoms with E-state index in [0.717, 1.165) is 6.42 Å². The maximum absolute atomic E-state index is 12.7. The lowest BCUT2D eigenvalue weighted by atomic mass is 9.99. The van der Waals surface area contributed by atoms with E-state index in [9.17, 15) is 9.18 Å². The van der Waals surface area contributed by atoms with Crippen molar-refractivity contribution >= 4 is 11.7 Å². The van der Waals surface area contributed by atoms with Gasteiger partial charge >= 0.3 is 0 Å². The van der Waals surface area contributed by atoms with Gasteiger partial charge in [-0.3, -0.25) is 4.79 Å². The van der Waals surface area contributed by atoms with E-state index in [1.165, 1.54) is 18.2 Å². The first-order chi connectivity index (χ1) is 7.54. The highest BCUT2D eigenvalue weighted by Crippen LogP contribution is 2.09. The van der Waals surface area contributed by atoms with Crippen molar-refractivity contribution in [1.82, 2.24) is 4.98 Å². The zero-order valence-corrected chi connectivity index (χ0v) is 9.40. The molecule has 88 valence electrons. The minimum Gasteiger partial charge on any atom is -0.320 e. The second kappa shape index (κ2) is 5.55. The van der Waals surface area contributed by atoms with Gasteiger partial charge in [-0.1, -0.05) is 26.3 Å². The van der Waals surface area contributed by atoms with Crippen LogP contribution in [0.2, 0.25) is 0 Å². The molecule has 0 aliphatic rings.